The zero-order valence-corrected chi connectivity index (χ0v) is 6.51. The molecular weight excluding hydrogens is 154 g/mol. The van der Waals surface area contributed by atoms with Gasteiger partial charge in [0.05, 0.1) is 18.2 Å². The molecule has 1 aromatic heterocycles. The summed E-state index contributed by atoms with van der Waals surface area (Å²) in [4.78, 5) is 3.90. The molecule has 62 valence electrons. The number of imidazole rings is 1. The summed E-state index contributed by atoms with van der Waals surface area (Å²) in [5.74, 6) is 0. The van der Waals surface area contributed by atoms with E-state index in [1.54, 1.807) is 18.6 Å². The Morgan fingerprint density at radius 1 is 1.75 bits per heavy atom. The first kappa shape index (κ1) is 7.32. The van der Waals surface area contributed by atoms with E-state index >= 15 is 0 Å². The number of nitrogens with zero attached hydrogens (tertiary/aromatic N) is 3. The minimum atomic E-state index is -1.03. The first-order chi connectivity index (χ1) is 5.83. The van der Waals surface area contributed by atoms with Crippen LogP contribution in [0.3, 0.4) is 0 Å². The van der Waals surface area contributed by atoms with Gasteiger partial charge in [-0.1, -0.05) is 0 Å². The lowest BCUT2D eigenvalue weighted by molar-refractivity contribution is 0.225. The van der Waals surface area contributed by atoms with Gasteiger partial charge in [-0.05, 0) is 12.8 Å². The molecule has 1 heterocycles. The molecular formula is C8H9N3O. The molecule has 1 atom stereocenters. The highest BCUT2D eigenvalue weighted by molar-refractivity contribution is 5.12. The van der Waals surface area contributed by atoms with Crippen molar-refractivity contribution in [2.24, 2.45) is 0 Å². The molecule has 12 heavy (non-hydrogen) atoms. The summed E-state index contributed by atoms with van der Waals surface area (Å²) in [6.45, 7) is 0. The van der Waals surface area contributed by atoms with Crippen molar-refractivity contribution in [3.05, 3.63) is 18.2 Å². The summed E-state index contributed by atoms with van der Waals surface area (Å²) in [6, 6.07) is 2.25. The summed E-state index contributed by atoms with van der Waals surface area (Å²) >= 11 is 0. The highest BCUT2D eigenvalue weighted by Gasteiger charge is 2.27. The molecule has 4 nitrogen and oxygen atoms in total. The topological polar surface area (TPSA) is 61.8 Å². The van der Waals surface area contributed by atoms with Crippen LogP contribution in [0.15, 0.2) is 12.5 Å². The van der Waals surface area contributed by atoms with Crippen LogP contribution < -0.4 is 0 Å². The third-order valence-electron chi connectivity index (χ3n) is 2.04. The predicted octanol–water partition coefficient (Wildman–Crippen LogP) is 0.775. The molecule has 0 aromatic carbocycles. The molecule has 0 amide bonds. The Bertz CT molecular complexity index is 321. The zero-order chi connectivity index (χ0) is 8.55. The van der Waals surface area contributed by atoms with Crippen LogP contribution in [-0.4, -0.2) is 14.7 Å². The normalized spacial score (nSPS) is 18.7. The van der Waals surface area contributed by atoms with E-state index in [0.717, 1.165) is 12.8 Å². The second-order valence-electron chi connectivity index (χ2n) is 2.99. The third-order valence-corrected chi connectivity index (χ3v) is 2.04. The molecule has 1 N–H and O–H groups in total. The van der Waals surface area contributed by atoms with Crippen LogP contribution in [0.25, 0.3) is 0 Å². The second kappa shape index (κ2) is 2.61. The van der Waals surface area contributed by atoms with Gasteiger partial charge in [-0.3, -0.25) is 0 Å². The number of aliphatic hydroxyl groups is 1. The summed E-state index contributed by atoms with van der Waals surface area (Å²) in [7, 11) is 0. The standard InChI is InChI=1S/C8H9N3O/c9-3-8(12)7-4-10-5-11(7)6-1-2-6/h4-6,8,12H,1-2H2. The maximum absolute atomic E-state index is 9.25. The van der Waals surface area contributed by atoms with Crippen molar-refractivity contribution < 1.29 is 5.11 Å². The molecule has 0 bridgehead atoms. The van der Waals surface area contributed by atoms with Crippen LogP contribution in [0.1, 0.15) is 30.7 Å². The van der Waals surface area contributed by atoms with E-state index in [0.29, 0.717) is 11.7 Å². The highest BCUT2D eigenvalue weighted by atomic mass is 16.3. The molecule has 1 saturated carbocycles. The molecule has 1 fully saturated rings. The van der Waals surface area contributed by atoms with Crippen molar-refractivity contribution in [2.45, 2.75) is 25.0 Å². The number of aromatic nitrogens is 2. The summed E-state index contributed by atoms with van der Waals surface area (Å²) in [5, 5.41) is 17.7. The number of rotatable bonds is 2. The maximum atomic E-state index is 9.25. The van der Waals surface area contributed by atoms with Crippen LogP contribution in [0.2, 0.25) is 0 Å². The summed E-state index contributed by atoms with van der Waals surface area (Å²) in [6.07, 6.45) is 4.44. The van der Waals surface area contributed by atoms with Gasteiger partial charge in [0.15, 0.2) is 6.10 Å². The third kappa shape index (κ3) is 1.08. The molecule has 1 unspecified atom stereocenters. The number of aliphatic hydroxyl groups excluding tert-OH is 1. The van der Waals surface area contributed by atoms with Crippen molar-refractivity contribution in [3.63, 3.8) is 0 Å². The summed E-state index contributed by atoms with van der Waals surface area (Å²) < 4.78 is 1.88. The molecule has 1 aliphatic carbocycles. The minimum absolute atomic E-state index is 0.463. The van der Waals surface area contributed by atoms with Gasteiger partial charge in [0.2, 0.25) is 0 Å². The average molecular weight is 163 g/mol. The van der Waals surface area contributed by atoms with E-state index in [9.17, 15) is 5.11 Å². The lowest BCUT2D eigenvalue weighted by atomic mass is 10.3. The molecule has 1 aromatic rings. The van der Waals surface area contributed by atoms with E-state index in [2.05, 4.69) is 4.98 Å². The van der Waals surface area contributed by atoms with Crippen molar-refractivity contribution >= 4 is 0 Å². The molecule has 2 rings (SSSR count). The predicted molar refractivity (Wildman–Crippen MR) is 41.1 cm³/mol. The molecule has 0 spiro atoms. The van der Waals surface area contributed by atoms with E-state index in [-0.39, 0.29) is 0 Å². The monoisotopic (exact) mass is 163 g/mol. The van der Waals surface area contributed by atoms with Gasteiger partial charge in [0.25, 0.3) is 0 Å². The Labute approximate surface area is 70.1 Å². The largest absolute Gasteiger partial charge is 0.373 e. The van der Waals surface area contributed by atoms with Crippen molar-refractivity contribution in [1.82, 2.24) is 9.55 Å². The van der Waals surface area contributed by atoms with Crippen molar-refractivity contribution in [1.29, 1.82) is 5.26 Å². The summed E-state index contributed by atoms with van der Waals surface area (Å²) in [5.41, 5.74) is 0.611. The number of nitriles is 1. The van der Waals surface area contributed by atoms with Gasteiger partial charge in [-0.25, -0.2) is 4.98 Å². The van der Waals surface area contributed by atoms with Gasteiger partial charge in [0, 0.05) is 6.04 Å². The molecule has 0 radical (unpaired) electrons. The van der Waals surface area contributed by atoms with Gasteiger partial charge < -0.3 is 9.67 Å². The highest BCUT2D eigenvalue weighted by Crippen LogP contribution is 2.36. The zero-order valence-electron chi connectivity index (χ0n) is 6.51. The van der Waals surface area contributed by atoms with Crippen LogP contribution in [0.5, 0.6) is 0 Å². The second-order valence-corrected chi connectivity index (χ2v) is 2.99. The molecule has 1 aliphatic rings. The minimum Gasteiger partial charge on any atom is -0.373 e. The molecule has 0 aliphatic heterocycles. The average Bonchev–Trinajstić information content (AvgIpc) is 2.83. The number of hydrogen-bond acceptors (Lipinski definition) is 3. The van der Waals surface area contributed by atoms with Gasteiger partial charge in [-0.2, -0.15) is 5.26 Å². The van der Waals surface area contributed by atoms with Gasteiger partial charge in [-0.15, -0.1) is 0 Å². The molecule has 4 heteroatoms. The quantitative estimate of drug-likeness (QED) is 0.655. The van der Waals surface area contributed by atoms with Gasteiger partial charge >= 0.3 is 0 Å². The van der Waals surface area contributed by atoms with Crippen LogP contribution >= 0.6 is 0 Å². The van der Waals surface area contributed by atoms with Crippen LogP contribution in [-0.2, 0) is 0 Å². The fourth-order valence-electron chi connectivity index (χ4n) is 1.25. The SMILES string of the molecule is N#CC(O)c1cncn1C1CC1. The Morgan fingerprint density at radius 2 is 2.50 bits per heavy atom. The fourth-order valence-corrected chi connectivity index (χ4v) is 1.25. The van der Waals surface area contributed by atoms with Crippen LogP contribution in [0, 0.1) is 11.3 Å². The lowest BCUT2D eigenvalue weighted by Crippen LogP contribution is -2.03. The van der Waals surface area contributed by atoms with E-state index in [4.69, 9.17) is 5.26 Å². The van der Waals surface area contributed by atoms with E-state index in [1.807, 2.05) is 4.57 Å². The van der Waals surface area contributed by atoms with Gasteiger partial charge in [0.1, 0.15) is 6.07 Å². The first-order valence-electron chi connectivity index (χ1n) is 3.92. The van der Waals surface area contributed by atoms with Crippen molar-refractivity contribution in [2.75, 3.05) is 0 Å². The Balaban J connectivity index is 2.30. The van der Waals surface area contributed by atoms with E-state index < -0.39 is 6.10 Å². The lowest BCUT2D eigenvalue weighted by Gasteiger charge is -2.05. The fraction of sp³-hybridized carbons (Fsp3) is 0.500. The van der Waals surface area contributed by atoms with Crippen molar-refractivity contribution in [3.8, 4) is 6.07 Å². The number of hydrogen-bond donors (Lipinski definition) is 1. The van der Waals surface area contributed by atoms with Crippen LogP contribution in [0.4, 0.5) is 0 Å². The smallest absolute Gasteiger partial charge is 0.182 e. The maximum Gasteiger partial charge on any atom is 0.182 e. The Morgan fingerprint density at radius 3 is 3.08 bits per heavy atom. The Kier molecular flexibility index (Phi) is 1.59. The molecule has 0 saturated heterocycles. The Hall–Kier alpha value is -1.34. The first-order valence-corrected chi connectivity index (χ1v) is 3.92. The van der Waals surface area contributed by atoms with E-state index in [1.165, 1.54) is 0 Å².